The Balaban J connectivity index is 2.33. The predicted molar refractivity (Wildman–Crippen MR) is 103 cm³/mol. The first-order valence-electron chi connectivity index (χ1n) is 9.07. The molecule has 2 aromatic carbocycles. The van der Waals surface area contributed by atoms with Crippen LogP contribution in [0.4, 0.5) is 0 Å². The number of aryl methyl sites for hydroxylation is 4. The highest BCUT2D eigenvalue weighted by molar-refractivity contribution is 5.39. The Bertz CT molecular complexity index is 611. The molecular weight excluding hydrogens is 276 g/mol. The van der Waals surface area contributed by atoms with Crippen molar-refractivity contribution in [3.8, 4) is 0 Å². The number of hydrogen-bond acceptors (Lipinski definition) is 0. The van der Waals surface area contributed by atoms with Gasteiger partial charge in [-0.1, -0.05) is 56.7 Å². The third-order valence-corrected chi connectivity index (χ3v) is 5.26. The van der Waals surface area contributed by atoms with Crippen LogP contribution in [0.15, 0.2) is 36.4 Å². The molecule has 124 valence electrons. The van der Waals surface area contributed by atoms with Gasteiger partial charge in [0.05, 0.1) is 0 Å². The van der Waals surface area contributed by atoms with Crippen LogP contribution in [0, 0.1) is 27.7 Å². The third kappa shape index (κ3) is 4.05. The lowest BCUT2D eigenvalue weighted by molar-refractivity contribution is 0.514. The van der Waals surface area contributed by atoms with Gasteiger partial charge in [-0.05, 0) is 85.8 Å². The van der Waals surface area contributed by atoms with Crippen LogP contribution >= 0.6 is 0 Å². The fourth-order valence-corrected chi connectivity index (χ4v) is 4.35. The van der Waals surface area contributed by atoms with E-state index >= 15 is 0 Å². The number of rotatable bonds is 6. The van der Waals surface area contributed by atoms with Gasteiger partial charge < -0.3 is 0 Å². The maximum Gasteiger partial charge on any atom is -0.0151 e. The Morgan fingerprint density at radius 3 is 1.61 bits per heavy atom. The van der Waals surface area contributed by atoms with Gasteiger partial charge in [0.15, 0.2) is 0 Å². The van der Waals surface area contributed by atoms with Crippen molar-refractivity contribution in [2.75, 3.05) is 0 Å². The molecule has 2 rings (SSSR count). The summed E-state index contributed by atoms with van der Waals surface area (Å²) in [6, 6.07) is 13.4. The monoisotopic (exact) mass is 308 g/mol. The summed E-state index contributed by atoms with van der Waals surface area (Å²) in [6.45, 7) is 13.8. The Morgan fingerprint density at radius 1 is 0.739 bits per heavy atom. The molecule has 0 heterocycles. The summed E-state index contributed by atoms with van der Waals surface area (Å²) in [7, 11) is 0. The highest BCUT2D eigenvalue weighted by Crippen LogP contribution is 2.37. The second-order valence-corrected chi connectivity index (χ2v) is 7.23. The van der Waals surface area contributed by atoms with Crippen LogP contribution in [0.5, 0.6) is 0 Å². The van der Waals surface area contributed by atoms with E-state index in [1.165, 1.54) is 41.5 Å². The summed E-state index contributed by atoms with van der Waals surface area (Å²) in [5, 5.41) is 0. The summed E-state index contributed by atoms with van der Waals surface area (Å²) in [5.41, 5.74) is 8.94. The first kappa shape index (κ1) is 17.8. The van der Waals surface area contributed by atoms with E-state index in [0.29, 0.717) is 11.8 Å². The van der Waals surface area contributed by atoms with Gasteiger partial charge in [-0.3, -0.25) is 0 Å². The maximum absolute atomic E-state index is 2.41. The van der Waals surface area contributed by atoms with E-state index in [0.717, 1.165) is 0 Å². The van der Waals surface area contributed by atoms with Crippen LogP contribution in [-0.2, 0) is 0 Å². The van der Waals surface area contributed by atoms with Crippen molar-refractivity contribution in [2.24, 2.45) is 0 Å². The van der Waals surface area contributed by atoms with Gasteiger partial charge in [0.2, 0.25) is 0 Å². The van der Waals surface area contributed by atoms with Gasteiger partial charge in [0, 0.05) is 0 Å². The molecule has 0 aliphatic carbocycles. The van der Waals surface area contributed by atoms with Crippen LogP contribution < -0.4 is 0 Å². The topological polar surface area (TPSA) is 0 Å². The van der Waals surface area contributed by atoms with Crippen molar-refractivity contribution in [1.82, 2.24) is 0 Å². The van der Waals surface area contributed by atoms with Crippen LogP contribution in [0.3, 0.4) is 0 Å². The molecule has 0 fully saturated rings. The zero-order valence-corrected chi connectivity index (χ0v) is 15.7. The van der Waals surface area contributed by atoms with Gasteiger partial charge in [-0.15, -0.1) is 0 Å². The molecule has 2 aromatic rings. The zero-order valence-electron chi connectivity index (χ0n) is 15.7. The smallest absolute Gasteiger partial charge is 0.0151 e. The lowest BCUT2D eigenvalue weighted by atomic mass is 9.79. The van der Waals surface area contributed by atoms with Crippen LogP contribution in [0.2, 0.25) is 0 Å². The average Bonchev–Trinajstić information content (AvgIpc) is 2.47. The van der Waals surface area contributed by atoms with E-state index in [-0.39, 0.29) is 0 Å². The van der Waals surface area contributed by atoms with Crippen molar-refractivity contribution < 1.29 is 0 Å². The molecule has 0 amide bonds. The van der Waals surface area contributed by atoms with Crippen molar-refractivity contribution in [1.29, 1.82) is 0 Å². The molecule has 0 N–H and O–H groups in total. The summed E-state index contributed by atoms with van der Waals surface area (Å²) < 4.78 is 0. The van der Waals surface area contributed by atoms with Crippen LogP contribution in [0.1, 0.15) is 78.3 Å². The molecule has 2 atom stereocenters. The van der Waals surface area contributed by atoms with Gasteiger partial charge in [-0.25, -0.2) is 0 Å². The molecule has 23 heavy (non-hydrogen) atoms. The summed E-state index contributed by atoms with van der Waals surface area (Å²) >= 11 is 0. The van der Waals surface area contributed by atoms with E-state index in [1.807, 2.05) is 0 Å². The minimum absolute atomic E-state index is 0.603. The molecule has 0 aliphatic heterocycles. The first-order chi connectivity index (χ1) is 11.0. The SMILES string of the molecule is CCCC(C[C@H](C)c1c(C)cccc1C)c1c(C)cccc1C. The molecule has 0 nitrogen and oxygen atoms in total. The average molecular weight is 309 g/mol. The van der Waals surface area contributed by atoms with Crippen molar-refractivity contribution in [3.05, 3.63) is 69.8 Å². The molecule has 0 bridgehead atoms. The molecule has 0 radical (unpaired) electrons. The molecule has 0 saturated heterocycles. The van der Waals surface area contributed by atoms with Gasteiger partial charge in [0.1, 0.15) is 0 Å². The van der Waals surface area contributed by atoms with Gasteiger partial charge in [-0.2, -0.15) is 0 Å². The zero-order chi connectivity index (χ0) is 17.0. The standard InChI is InChI=1S/C23H32/c1-7-10-21(23-18(4)13-9-14-19(23)5)15-20(6)22-16(2)11-8-12-17(22)3/h8-9,11-14,20-21H,7,10,15H2,1-6H3/t20-,21?/m0/s1. The number of benzene rings is 2. The molecule has 0 heteroatoms. The summed E-state index contributed by atoms with van der Waals surface area (Å²) in [5.74, 6) is 1.27. The lowest BCUT2D eigenvalue weighted by Crippen LogP contribution is -2.09. The Hall–Kier alpha value is -1.56. The van der Waals surface area contributed by atoms with E-state index in [2.05, 4.69) is 77.9 Å². The Kier molecular flexibility index (Phi) is 6.04. The van der Waals surface area contributed by atoms with E-state index < -0.39 is 0 Å². The first-order valence-corrected chi connectivity index (χ1v) is 9.07. The molecular formula is C23H32. The third-order valence-electron chi connectivity index (χ3n) is 5.26. The Labute approximate surface area is 143 Å². The normalized spacial score (nSPS) is 13.8. The van der Waals surface area contributed by atoms with Crippen molar-refractivity contribution in [3.63, 3.8) is 0 Å². The Morgan fingerprint density at radius 2 is 1.17 bits per heavy atom. The maximum atomic E-state index is 2.41. The second-order valence-electron chi connectivity index (χ2n) is 7.23. The lowest BCUT2D eigenvalue weighted by Gasteiger charge is -2.26. The van der Waals surface area contributed by atoms with Crippen LogP contribution in [-0.4, -0.2) is 0 Å². The van der Waals surface area contributed by atoms with Crippen molar-refractivity contribution >= 4 is 0 Å². The van der Waals surface area contributed by atoms with E-state index in [4.69, 9.17) is 0 Å². The highest BCUT2D eigenvalue weighted by Gasteiger charge is 2.20. The quantitative estimate of drug-likeness (QED) is 0.539. The minimum atomic E-state index is 0.603. The second kappa shape index (κ2) is 7.81. The van der Waals surface area contributed by atoms with Crippen LogP contribution in [0.25, 0.3) is 0 Å². The van der Waals surface area contributed by atoms with Gasteiger partial charge >= 0.3 is 0 Å². The number of hydrogen-bond donors (Lipinski definition) is 0. The summed E-state index contributed by atoms with van der Waals surface area (Å²) in [6.07, 6.45) is 3.77. The largest absolute Gasteiger partial charge is 0.0654 e. The molecule has 0 aromatic heterocycles. The fraction of sp³-hybridized carbons (Fsp3) is 0.478. The highest BCUT2D eigenvalue weighted by atomic mass is 14.3. The molecule has 0 spiro atoms. The molecule has 0 aliphatic rings. The summed E-state index contributed by atoms with van der Waals surface area (Å²) in [4.78, 5) is 0. The minimum Gasteiger partial charge on any atom is -0.0654 e. The van der Waals surface area contributed by atoms with E-state index in [9.17, 15) is 0 Å². The van der Waals surface area contributed by atoms with Crippen molar-refractivity contribution in [2.45, 2.75) is 72.6 Å². The predicted octanol–water partition coefficient (Wildman–Crippen LogP) is 7.00. The molecule has 1 unspecified atom stereocenters. The van der Waals surface area contributed by atoms with E-state index in [1.54, 1.807) is 11.1 Å². The fourth-order valence-electron chi connectivity index (χ4n) is 4.35. The molecule has 0 saturated carbocycles. The van der Waals surface area contributed by atoms with Gasteiger partial charge in [0.25, 0.3) is 0 Å².